The Balaban J connectivity index is 1.88. The van der Waals surface area contributed by atoms with Gasteiger partial charge >= 0.3 is 5.92 Å². The topological polar surface area (TPSA) is 89.0 Å². The van der Waals surface area contributed by atoms with Crippen molar-refractivity contribution in [3.05, 3.63) is 29.8 Å². The van der Waals surface area contributed by atoms with Crippen molar-refractivity contribution >= 4 is 23.2 Å². The Morgan fingerprint density at radius 3 is 2.59 bits per heavy atom. The average Bonchev–Trinajstić information content (AvgIpc) is 3.19. The maximum Gasteiger partial charge on any atom is 0.303 e. The summed E-state index contributed by atoms with van der Waals surface area (Å²) in [6.45, 7) is 3.27. The molecule has 1 aliphatic carbocycles. The molecule has 7 nitrogen and oxygen atoms in total. The molecule has 29 heavy (non-hydrogen) atoms. The van der Waals surface area contributed by atoms with E-state index in [0.717, 1.165) is 0 Å². The summed E-state index contributed by atoms with van der Waals surface area (Å²) in [5.74, 6) is -7.61. The number of aromatic nitrogens is 3. The van der Waals surface area contributed by atoms with Crippen LogP contribution in [0.5, 0.6) is 5.75 Å². The molecule has 3 rings (SSSR count). The zero-order valence-corrected chi connectivity index (χ0v) is 15.9. The van der Waals surface area contributed by atoms with Gasteiger partial charge in [-0.2, -0.15) is 8.78 Å². The van der Waals surface area contributed by atoms with Gasteiger partial charge < -0.3 is 15.4 Å². The molecular formula is C18H19F4N5O2. The van der Waals surface area contributed by atoms with E-state index in [-0.39, 0.29) is 42.0 Å². The van der Waals surface area contributed by atoms with Crippen molar-refractivity contribution in [3.63, 3.8) is 0 Å². The minimum Gasteiger partial charge on any atom is -0.489 e. The van der Waals surface area contributed by atoms with Gasteiger partial charge in [0.1, 0.15) is 11.6 Å². The first-order chi connectivity index (χ1) is 13.4. The van der Waals surface area contributed by atoms with Crippen LogP contribution in [0.1, 0.15) is 31.8 Å². The number of aryl methyl sites for hydroxylation is 1. The van der Waals surface area contributed by atoms with E-state index in [2.05, 4.69) is 25.6 Å². The molecule has 2 heterocycles. The molecule has 0 radical (unpaired) electrons. The van der Waals surface area contributed by atoms with Gasteiger partial charge in [-0.3, -0.25) is 4.79 Å². The lowest BCUT2D eigenvalue weighted by Crippen LogP contribution is -2.15. The molecule has 1 atom stereocenters. The van der Waals surface area contributed by atoms with Crippen molar-refractivity contribution in [2.75, 3.05) is 17.2 Å². The summed E-state index contributed by atoms with van der Waals surface area (Å²) in [4.78, 5) is 22.8. The van der Waals surface area contributed by atoms with E-state index in [1.54, 1.807) is 0 Å². The fourth-order valence-corrected chi connectivity index (χ4v) is 2.51. The summed E-state index contributed by atoms with van der Waals surface area (Å²) in [7, 11) is 0. The molecule has 0 saturated heterocycles. The smallest absolute Gasteiger partial charge is 0.303 e. The maximum absolute atomic E-state index is 13.6. The number of anilines is 3. The number of carbonyl (C=O) groups is 1. The van der Waals surface area contributed by atoms with E-state index in [9.17, 15) is 22.4 Å². The lowest BCUT2D eigenvalue weighted by Gasteiger charge is -2.16. The van der Waals surface area contributed by atoms with Crippen LogP contribution in [0.15, 0.2) is 18.3 Å². The highest BCUT2D eigenvalue weighted by Crippen LogP contribution is 2.48. The van der Waals surface area contributed by atoms with Crippen molar-refractivity contribution in [2.24, 2.45) is 5.92 Å². The fraction of sp³-hybridized carbons (Fsp3) is 0.444. The monoisotopic (exact) mass is 413 g/mol. The molecule has 11 heteroatoms. The molecule has 1 fully saturated rings. The van der Waals surface area contributed by atoms with Gasteiger partial charge in [0.05, 0.1) is 24.4 Å². The molecule has 1 aliphatic rings. The van der Waals surface area contributed by atoms with Crippen LogP contribution in [0.4, 0.5) is 34.9 Å². The summed E-state index contributed by atoms with van der Waals surface area (Å²) >= 11 is 0. The minimum absolute atomic E-state index is 0.0515. The number of carbonyl (C=O) groups excluding carboxylic acids is 1. The summed E-state index contributed by atoms with van der Waals surface area (Å²) < 4.78 is 58.9. The van der Waals surface area contributed by atoms with Crippen molar-refractivity contribution in [1.29, 1.82) is 0 Å². The third-order valence-electron chi connectivity index (χ3n) is 4.08. The maximum atomic E-state index is 13.6. The van der Waals surface area contributed by atoms with Crippen LogP contribution < -0.4 is 15.4 Å². The number of hydrogen-bond acceptors (Lipinski definition) is 6. The van der Waals surface area contributed by atoms with Crippen LogP contribution in [0.3, 0.4) is 0 Å². The largest absolute Gasteiger partial charge is 0.489 e. The highest BCUT2D eigenvalue weighted by atomic mass is 19.3. The van der Waals surface area contributed by atoms with Crippen LogP contribution in [0.25, 0.3) is 0 Å². The van der Waals surface area contributed by atoms with E-state index >= 15 is 0 Å². The van der Waals surface area contributed by atoms with Gasteiger partial charge in [0.25, 0.3) is 5.92 Å². The zero-order chi connectivity index (χ0) is 21.4. The lowest BCUT2D eigenvalue weighted by atomic mass is 10.3. The molecule has 1 saturated carbocycles. The Kier molecular flexibility index (Phi) is 5.33. The van der Waals surface area contributed by atoms with Crippen molar-refractivity contribution < 1.29 is 27.1 Å². The second-order valence-corrected chi connectivity index (χ2v) is 6.95. The van der Waals surface area contributed by atoms with Crippen molar-refractivity contribution in [3.8, 4) is 5.75 Å². The second-order valence-electron chi connectivity index (χ2n) is 6.95. The number of pyridine rings is 1. The average molecular weight is 413 g/mol. The molecule has 0 aromatic carbocycles. The summed E-state index contributed by atoms with van der Waals surface area (Å²) in [6, 6.07) is 2.83. The predicted molar refractivity (Wildman–Crippen MR) is 96.7 cm³/mol. The number of nitrogens with one attached hydrogen (secondary N) is 2. The Hall–Kier alpha value is -2.98. The third kappa shape index (κ3) is 5.30. The SMILES string of the molecule is CC(=O)Nc1cc(Nc2cc(C)nc(C(C)(F)F)n2)c(OC[C@H]2CC2(F)F)cn1. The molecule has 2 aromatic rings. The first kappa shape index (κ1) is 20.7. The first-order valence-corrected chi connectivity index (χ1v) is 8.73. The molecular weight excluding hydrogens is 394 g/mol. The van der Waals surface area contributed by atoms with Crippen molar-refractivity contribution in [1.82, 2.24) is 15.0 Å². The number of hydrogen-bond donors (Lipinski definition) is 2. The van der Waals surface area contributed by atoms with Gasteiger partial charge in [0, 0.05) is 38.1 Å². The fourth-order valence-electron chi connectivity index (χ4n) is 2.51. The summed E-state index contributed by atoms with van der Waals surface area (Å²) in [6.07, 6.45) is 0.991. The normalized spacial score (nSPS) is 17.6. The van der Waals surface area contributed by atoms with E-state index in [1.807, 2.05) is 0 Å². The quantitative estimate of drug-likeness (QED) is 0.667. The van der Waals surface area contributed by atoms with Gasteiger partial charge in [-0.05, 0) is 6.92 Å². The predicted octanol–water partition coefficient (Wildman–Crippen LogP) is 4.03. The Bertz CT molecular complexity index is 933. The molecule has 156 valence electrons. The second kappa shape index (κ2) is 7.45. The lowest BCUT2D eigenvalue weighted by molar-refractivity contribution is -0.114. The highest BCUT2D eigenvalue weighted by Gasteiger charge is 2.57. The standard InChI is InChI=1S/C18H19F4N5O2/c1-9-4-15(27-16(24-9)17(3,19)20)26-12-5-14(25-10(2)28)23-7-13(12)29-8-11-6-18(11,21)22/h4-5,7,11H,6,8H2,1-3H3,(H2,23,24,25,26,27,28)/t11-/m1/s1. The van der Waals surface area contributed by atoms with Gasteiger partial charge in [-0.25, -0.2) is 23.7 Å². The molecule has 0 bridgehead atoms. The van der Waals surface area contributed by atoms with E-state index in [4.69, 9.17) is 4.74 Å². The van der Waals surface area contributed by atoms with Crippen LogP contribution in [0, 0.1) is 12.8 Å². The number of ether oxygens (including phenoxy) is 1. The zero-order valence-electron chi connectivity index (χ0n) is 15.9. The summed E-state index contributed by atoms with van der Waals surface area (Å²) in [5.41, 5.74) is 0.520. The number of alkyl halides is 4. The van der Waals surface area contributed by atoms with Crippen LogP contribution in [-0.2, 0) is 10.7 Å². The molecule has 2 N–H and O–H groups in total. The number of nitrogens with zero attached hydrogens (tertiary/aromatic N) is 3. The van der Waals surface area contributed by atoms with Gasteiger partial charge in [0.15, 0.2) is 5.75 Å². The molecule has 1 amide bonds. The Labute approximate surface area is 163 Å². The molecule has 0 unspecified atom stereocenters. The van der Waals surface area contributed by atoms with Gasteiger partial charge in [0.2, 0.25) is 11.7 Å². The Morgan fingerprint density at radius 2 is 2.00 bits per heavy atom. The number of rotatable bonds is 7. The van der Waals surface area contributed by atoms with E-state index in [0.29, 0.717) is 12.6 Å². The van der Waals surface area contributed by atoms with E-state index < -0.39 is 23.6 Å². The number of halogens is 4. The third-order valence-corrected chi connectivity index (χ3v) is 4.08. The number of amides is 1. The molecule has 0 spiro atoms. The van der Waals surface area contributed by atoms with Gasteiger partial charge in [-0.1, -0.05) is 0 Å². The van der Waals surface area contributed by atoms with Crippen molar-refractivity contribution in [2.45, 2.75) is 39.0 Å². The first-order valence-electron chi connectivity index (χ1n) is 8.73. The Morgan fingerprint density at radius 1 is 1.31 bits per heavy atom. The van der Waals surface area contributed by atoms with E-state index in [1.165, 1.54) is 32.2 Å². The summed E-state index contributed by atoms with van der Waals surface area (Å²) in [5, 5.41) is 5.29. The van der Waals surface area contributed by atoms with Gasteiger partial charge in [-0.15, -0.1) is 0 Å². The minimum atomic E-state index is -3.25. The molecule has 2 aromatic heterocycles. The van der Waals surface area contributed by atoms with Crippen LogP contribution in [0.2, 0.25) is 0 Å². The molecule has 0 aliphatic heterocycles. The van der Waals surface area contributed by atoms with Crippen LogP contribution >= 0.6 is 0 Å². The van der Waals surface area contributed by atoms with Crippen LogP contribution in [-0.4, -0.2) is 33.4 Å². The highest BCUT2D eigenvalue weighted by molar-refractivity contribution is 5.88.